The molecule has 0 saturated carbocycles. The molecule has 0 aromatic heterocycles. The van der Waals surface area contributed by atoms with Crippen LogP contribution in [-0.4, -0.2) is 30.7 Å². The molecule has 0 N–H and O–H groups in total. The van der Waals surface area contributed by atoms with Crippen molar-refractivity contribution in [2.45, 2.75) is 26.0 Å². The summed E-state index contributed by atoms with van der Waals surface area (Å²) in [5.74, 6) is 0. The number of nitrogens with zero attached hydrogens (tertiary/aromatic N) is 1. The molecule has 1 heterocycles. The van der Waals surface area contributed by atoms with E-state index in [9.17, 15) is 4.79 Å². The molecular formula is C7H12NO2. The smallest absolute Gasteiger partial charge is 0.419 e. The molecule has 1 radical (unpaired) electrons. The number of ether oxygens (including phenoxy) is 1. The topological polar surface area (TPSA) is 29.5 Å². The van der Waals surface area contributed by atoms with Gasteiger partial charge in [0.05, 0.1) is 0 Å². The zero-order valence-corrected chi connectivity index (χ0v) is 6.17. The Bertz CT molecular complexity index is 110. The standard InChI is InChI=1S/C7H12NO2/c1-7(10-6-9)8-4-2-3-5-8/h7H,2-5H2,1H3. The summed E-state index contributed by atoms with van der Waals surface area (Å²) >= 11 is 0. The summed E-state index contributed by atoms with van der Waals surface area (Å²) in [5, 5.41) is 0. The summed E-state index contributed by atoms with van der Waals surface area (Å²) in [4.78, 5) is 11.9. The molecule has 1 aliphatic rings. The first-order valence-electron chi connectivity index (χ1n) is 3.61. The quantitative estimate of drug-likeness (QED) is 0.575. The lowest BCUT2D eigenvalue weighted by Gasteiger charge is -2.20. The second-order valence-electron chi connectivity index (χ2n) is 2.54. The van der Waals surface area contributed by atoms with Crippen molar-refractivity contribution < 1.29 is 9.53 Å². The van der Waals surface area contributed by atoms with E-state index in [0.717, 1.165) is 13.1 Å². The van der Waals surface area contributed by atoms with Crippen LogP contribution in [0.25, 0.3) is 0 Å². The molecule has 0 aliphatic carbocycles. The summed E-state index contributed by atoms with van der Waals surface area (Å²) in [6.45, 7) is 5.41. The minimum atomic E-state index is -0.0833. The van der Waals surface area contributed by atoms with E-state index >= 15 is 0 Å². The van der Waals surface area contributed by atoms with Gasteiger partial charge in [0, 0.05) is 13.1 Å². The maximum Gasteiger partial charge on any atom is 0.419 e. The molecular weight excluding hydrogens is 130 g/mol. The van der Waals surface area contributed by atoms with Crippen LogP contribution < -0.4 is 0 Å². The van der Waals surface area contributed by atoms with Gasteiger partial charge in [0.15, 0.2) is 6.23 Å². The molecule has 1 aliphatic heterocycles. The summed E-state index contributed by atoms with van der Waals surface area (Å²) in [7, 11) is 0. The van der Waals surface area contributed by atoms with Gasteiger partial charge in [0.2, 0.25) is 0 Å². The molecule has 0 aromatic rings. The lowest BCUT2D eigenvalue weighted by atomic mass is 10.4. The third-order valence-corrected chi connectivity index (χ3v) is 1.87. The van der Waals surface area contributed by atoms with Crippen molar-refractivity contribution in [1.82, 2.24) is 4.90 Å². The SMILES string of the molecule is CC(O[C]=O)N1CCCC1. The lowest BCUT2D eigenvalue weighted by Crippen LogP contribution is -2.31. The van der Waals surface area contributed by atoms with Crippen molar-refractivity contribution in [2.75, 3.05) is 13.1 Å². The van der Waals surface area contributed by atoms with E-state index in [4.69, 9.17) is 0 Å². The monoisotopic (exact) mass is 142 g/mol. The van der Waals surface area contributed by atoms with Crippen LogP contribution in [0, 0.1) is 0 Å². The predicted molar refractivity (Wildman–Crippen MR) is 37.0 cm³/mol. The van der Waals surface area contributed by atoms with Gasteiger partial charge in [0.25, 0.3) is 0 Å². The number of likely N-dealkylation sites (tertiary alicyclic amines) is 1. The van der Waals surface area contributed by atoms with Gasteiger partial charge in [-0.15, -0.1) is 0 Å². The summed E-state index contributed by atoms with van der Waals surface area (Å²) < 4.78 is 4.65. The van der Waals surface area contributed by atoms with Crippen LogP contribution in [-0.2, 0) is 9.53 Å². The zero-order chi connectivity index (χ0) is 7.40. The van der Waals surface area contributed by atoms with Gasteiger partial charge in [-0.25, -0.2) is 4.79 Å². The molecule has 57 valence electrons. The van der Waals surface area contributed by atoms with Gasteiger partial charge in [-0.3, -0.25) is 4.90 Å². The van der Waals surface area contributed by atoms with Crippen LogP contribution in [0.15, 0.2) is 0 Å². The Labute approximate surface area is 61.0 Å². The van der Waals surface area contributed by atoms with Crippen LogP contribution >= 0.6 is 0 Å². The van der Waals surface area contributed by atoms with Crippen molar-refractivity contribution >= 4 is 6.47 Å². The van der Waals surface area contributed by atoms with Gasteiger partial charge < -0.3 is 4.74 Å². The Morgan fingerprint density at radius 1 is 1.50 bits per heavy atom. The Morgan fingerprint density at radius 3 is 2.60 bits per heavy atom. The molecule has 1 saturated heterocycles. The summed E-state index contributed by atoms with van der Waals surface area (Å²) in [5.41, 5.74) is 0. The largest absolute Gasteiger partial charge is 0.438 e. The van der Waals surface area contributed by atoms with Gasteiger partial charge in [-0.2, -0.15) is 0 Å². The van der Waals surface area contributed by atoms with Crippen molar-refractivity contribution in [3.63, 3.8) is 0 Å². The van der Waals surface area contributed by atoms with Crippen LogP contribution in [0.3, 0.4) is 0 Å². The Morgan fingerprint density at radius 2 is 2.10 bits per heavy atom. The third kappa shape index (κ3) is 1.70. The van der Waals surface area contributed by atoms with Crippen LogP contribution in [0.5, 0.6) is 0 Å². The second-order valence-corrected chi connectivity index (χ2v) is 2.54. The molecule has 1 fully saturated rings. The van der Waals surface area contributed by atoms with Gasteiger partial charge in [-0.05, 0) is 19.8 Å². The molecule has 0 bridgehead atoms. The van der Waals surface area contributed by atoms with Crippen molar-refractivity contribution in [3.8, 4) is 0 Å². The van der Waals surface area contributed by atoms with Gasteiger partial charge in [-0.1, -0.05) is 0 Å². The highest BCUT2D eigenvalue weighted by Gasteiger charge is 2.18. The minimum Gasteiger partial charge on any atom is -0.438 e. The molecule has 1 rings (SSSR count). The number of carbonyl (C=O) groups excluding carboxylic acids is 1. The molecule has 0 spiro atoms. The van der Waals surface area contributed by atoms with E-state index in [1.54, 1.807) is 0 Å². The molecule has 10 heavy (non-hydrogen) atoms. The molecule has 1 atom stereocenters. The first-order valence-corrected chi connectivity index (χ1v) is 3.61. The Hall–Kier alpha value is -0.570. The van der Waals surface area contributed by atoms with E-state index in [2.05, 4.69) is 9.64 Å². The van der Waals surface area contributed by atoms with Crippen LogP contribution in [0.1, 0.15) is 19.8 Å². The fourth-order valence-electron chi connectivity index (χ4n) is 1.25. The fourth-order valence-corrected chi connectivity index (χ4v) is 1.25. The van der Waals surface area contributed by atoms with Crippen LogP contribution in [0.4, 0.5) is 0 Å². The first-order chi connectivity index (χ1) is 4.84. The van der Waals surface area contributed by atoms with Gasteiger partial charge >= 0.3 is 6.47 Å². The lowest BCUT2D eigenvalue weighted by molar-refractivity contribution is 0.0454. The van der Waals surface area contributed by atoms with E-state index in [-0.39, 0.29) is 6.23 Å². The highest BCUT2D eigenvalue weighted by atomic mass is 16.5. The minimum absolute atomic E-state index is 0.0833. The van der Waals surface area contributed by atoms with E-state index in [1.807, 2.05) is 6.92 Å². The first kappa shape index (κ1) is 7.54. The van der Waals surface area contributed by atoms with E-state index < -0.39 is 0 Å². The molecule has 0 amide bonds. The Kier molecular flexibility index (Phi) is 2.68. The third-order valence-electron chi connectivity index (χ3n) is 1.87. The zero-order valence-electron chi connectivity index (χ0n) is 6.17. The van der Waals surface area contributed by atoms with Gasteiger partial charge in [0.1, 0.15) is 0 Å². The average molecular weight is 142 g/mol. The average Bonchev–Trinajstić information content (AvgIpc) is 2.38. The number of hydrogen-bond donors (Lipinski definition) is 0. The van der Waals surface area contributed by atoms with Crippen LogP contribution in [0.2, 0.25) is 0 Å². The normalized spacial score (nSPS) is 22.5. The Balaban J connectivity index is 2.24. The molecule has 1 unspecified atom stereocenters. The van der Waals surface area contributed by atoms with E-state index in [0.29, 0.717) is 0 Å². The molecule has 3 nitrogen and oxygen atoms in total. The fraction of sp³-hybridized carbons (Fsp3) is 0.857. The van der Waals surface area contributed by atoms with Crippen molar-refractivity contribution in [3.05, 3.63) is 0 Å². The maximum absolute atomic E-state index is 9.80. The van der Waals surface area contributed by atoms with E-state index in [1.165, 1.54) is 19.3 Å². The van der Waals surface area contributed by atoms with Crippen molar-refractivity contribution in [2.24, 2.45) is 0 Å². The predicted octanol–water partition coefficient (Wildman–Crippen LogP) is 0.512. The highest BCUT2D eigenvalue weighted by Crippen LogP contribution is 2.11. The molecule has 3 heteroatoms. The molecule has 0 aromatic carbocycles. The highest BCUT2D eigenvalue weighted by molar-refractivity contribution is 5.38. The number of rotatable bonds is 3. The maximum atomic E-state index is 9.80. The second kappa shape index (κ2) is 3.56. The summed E-state index contributed by atoms with van der Waals surface area (Å²) in [6.07, 6.45) is 2.35. The number of hydrogen-bond acceptors (Lipinski definition) is 3. The van der Waals surface area contributed by atoms with Crippen molar-refractivity contribution in [1.29, 1.82) is 0 Å². The summed E-state index contributed by atoms with van der Waals surface area (Å²) in [6, 6.07) is 0.